The average Bonchev–Trinajstić information content (AvgIpc) is 2.89. The molecule has 1 aromatic rings. The van der Waals surface area contributed by atoms with Gasteiger partial charge in [-0.25, -0.2) is 0 Å². The Labute approximate surface area is 110 Å². The number of rotatable bonds is 6. The molecule has 1 aliphatic rings. The smallest absolute Gasteiger partial charge is 0.122 e. The van der Waals surface area contributed by atoms with Crippen LogP contribution in [0.5, 0.6) is 0 Å². The molecule has 2 atom stereocenters. The van der Waals surface area contributed by atoms with Crippen LogP contribution in [0.3, 0.4) is 0 Å². The molecule has 0 amide bonds. The van der Waals surface area contributed by atoms with Crippen molar-refractivity contribution in [3.8, 4) is 0 Å². The number of hydrogen-bond donors (Lipinski definition) is 1. The van der Waals surface area contributed by atoms with Gasteiger partial charge in [-0.15, -0.1) is 0 Å². The van der Waals surface area contributed by atoms with Crippen LogP contribution in [0.25, 0.3) is 0 Å². The van der Waals surface area contributed by atoms with E-state index in [0.717, 1.165) is 24.8 Å². The number of nitrogens with zero attached hydrogens (tertiary/aromatic N) is 1. The molecule has 3 heteroatoms. The lowest BCUT2D eigenvalue weighted by atomic mass is 9.94. The van der Waals surface area contributed by atoms with E-state index in [2.05, 4.69) is 42.5 Å². The molecule has 0 aromatic carbocycles. The monoisotopic (exact) mass is 248 g/mol. The zero-order chi connectivity index (χ0) is 12.8. The zero-order valence-corrected chi connectivity index (χ0v) is 11.4. The Balaban J connectivity index is 1.78. The zero-order valence-electron chi connectivity index (χ0n) is 11.4. The van der Waals surface area contributed by atoms with Crippen molar-refractivity contribution in [2.24, 2.45) is 5.92 Å². The fourth-order valence-electron chi connectivity index (χ4n) is 2.48. The van der Waals surface area contributed by atoms with Gasteiger partial charge < -0.3 is 9.73 Å². The molecule has 3 nitrogen and oxygen atoms in total. The Bertz CT molecular complexity index is 357. The van der Waals surface area contributed by atoms with Crippen LogP contribution >= 0.6 is 0 Å². The summed E-state index contributed by atoms with van der Waals surface area (Å²) < 4.78 is 5.51. The second-order valence-corrected chi connectivity index (χ2v) is 5.30. The molecule has 1 N–H and O–H groups in total. The van der Waals surface area contributed by atoms with Crippen molar-refractivity contribution in [3.63, 3.8) is 0 Å². The van der Waals surface area contributed by atoms with Gasteiger partial charge >= 0.3 is 0 Å². The minimum Gasteiger partial charge on any atom is -0.468 e. The molecule has 2 rings (SSSR count). The molecule has 0 fully saturated rings. The van der Waals surface area contributed by atoms with Crippen molar-refractivity contribution < 1.29 is 4.42 Å². The van der Waals surface area contributed by atoms with Crippen molar-refractivity contribution in [3.05, 3.63) is 36.3 Å². The molecule has 18 heavy (non-hydrogen) atoms. The van der Waals surface area contributed by atoms with Gasteiger partial charge in [0, 0.05) is 6.54 Å². The van der Waals surface area contributed by atoms with E-state index >= 15 is 0 Å². The van der Waals surface area contributed by atoms with E-state index < -0.39 is 0 Å². The molecule has 1 aliphatic carbocycles. The van der Waals surface area contributed by atoms with E-state index in [9.17, 15) is 0 Å². The summed E-state index contributed by atoms with van der Waals surface area (Å²) in [5.41, 5.74) is 0. The van der Waals surface area contributed by atoms with Gasteiger partial charge in [0.1, 0.15) is 5.76 Å². The molecule has 2 unspecified atom stereocenters. The van der Waals surface area contributed by atoms with Crippen molar-refractivity contribution in [1.29, 1.82) is 0 Å². The van der Waals surface area contributed by atoms with Crippen molar-refractivity contribution in [2.75, 3.05) is 27.2 Å². The summed E-state index contributed by atoms with van der Waals surface area (Å²) in [6.45, 7) is 2.05. The van der Waals surface area contributed by atoms with Crippen LogP contribution in [-0.2, 0) is 0 Å². The maximum Gasteiger partial charge on any atom is 0.122 e. The van der Waals surface area contributed by atoms with Crippen LogP contribution in [0.4, 0.5) is 0 Å². The lowest BCUT2D eigenvalue weighted by Crippen LogP contribution is -2.33. The predicted octanol–water partition coefficient (Wildman–Crippen LogP) is 2.83. The van der Waals surface area contributed by atoms with Gasteiger partial charge in [0.25, 0.3) is 0 Å². The first kappa shape index (κ1) is 13.4. The van der Waals surface area contributed by atoms with E-state index in [1.54, 1.807) is 6.26 Å². The van der Waals surface area contributed by atoms with E-state index in [-0.39, 0.29) is 0 Å². The first-order chi connectivity index (χ1) is 8.77. The number of allylic oxidation sites excluding steroid dienone is 2. The minimum absolute atomic E-state index is 0.319. The van der Waals surface area contributed by atoms with Gasteiger partial charge in [0.15, 0.2) is 0 Å². The molecule has 0 saturated heterocycles. The normalized spacial score (nSPS) is 21.4. The largest absolute Gasteiger partial charge is 0.468 e. The van der Waals surface area contributed by atoms with Gasteiger partial charge in [-0.2, -0.15) is 0 Å². The second-order valence-electron chi connectivity index (χ2n) is 5.30. The highest BCUT2D eigenvalue weighted by Crippen LogP contribution is 2.19. The quantitative estimate of drug-likeness (QED) is 0.785. The highest BCUT2D eigenvalue weighted by Gasteiger charge is 2.17. The Morgan fingerprint density at radius 3 is 2.94 bits per heavy atom. The van der Waals surface area contributed by atoms with Gasteiger partial charge in [0.2, 0.25) is 0 Å². The molecular weight excluding hydrogens is 224 g/mol. The summed E-state index contributed by atoms with van der Waals surface area (Å²) in [5, 5.41) is 3.59. The van der Waals surface area contributed by atoms with Crippen molar-refractivity contribution in [1.82, 2.24) is 10.2 Å². The molecule has 0 saturated carbocycles. The summed E-state index contributed by atoms with van der Waals surface area (Å²) in [4.78, 5) is 2.20. The standard InChI is InChI=1S/C15H24N2O/c1-17(2)14(15-9-6-10-18-15)12-16-11-13-7-4-3-5-8-13/h3-4,6,9-10,13-14,16H,5,7-8,11-12H2,1-2H3. The SMILES string of the molecule is CN(C)C(CNCC1CC=CCC1)c1ccco1. The number of furan rings is 1. The van der Waals surface area contributed by atoms with Crippen LogP contribution in [0, 0.1) is 5.92 Å². The van der Waals surface area contributed by atoms with Crippen LogP contribution in [-0.4, -0.2) is 32.1 Å². The third-order valence-electron chi connectivity index (χ3n) is 3.64. The van der Waals surface area contributed by atoms with Crippen LogP contribution < -0.4 is 5.32 Å². The lowest BCUT2D eigenvalue weighted by Gasteiger charge is -2.24. The van der Waals surface area contributed by atoms with Gasteiger partial charge in [0.05, 0.1) is 12.3 Å². The summed E-state index contributed by atoms with van der Waals surface area (Å²) in [6.07, 6.45) is 10.1. The Morgan fingerprint density at radius 2 is 2.33 bits per heavy atom. The molecule has 0 spiro atoms. The Kier molecular flexibility index (Phi) is 5.02. The molecule has 1 heterocycles. The minimum atomic E-state index is 0.319. The van der Waals surface area contributed by atoms with Gasteiger partial charge in [-0.05, 0) is 58.0 Å². The topological polar surface area (TPSA) is 28.4 Å². The van der Waals surface area contributed by atoms with E-state index in [0.29, 0.717) is 6.04 Å². The maximum atomic E-state index is 5.51. The third kappa shape index (κ3) is 3.72. The van der Waals surface area contributed by atoms with E-state index in [4.69, 9.17) is 4.42 Å². The van der Waals surface area contributed by atoms with Crippen LogP contribution in [0.2, 0.25) is 0 Å². The number of hydrogen-bond acceptors (Lipinski definition) is 3. The lowest BCUT2D eigenvalue weighted by molar-refractivity contribution is 0.246. The first-order valence-electron chi connectivity index (χ1n) is 6.83. The maximum absolute atomic E-state index is 5.51. The fraction of sp³-hybridized carbons (Fsp3) is 0.600. The van der Waals surface area contributed by atoms with Gasteiger partial charge in [-0.1, -0.05) is 12.2 Å². The summed E-state index contributed by atoms with van der Waals surface area (Å²) >= 11 is 0. The highest BCUT2D eigenvalue weighted by atomic mass is 16.3. The highest BCUT2D eigenvalue weighted by molar-refractivity contribution is 5.05. The number of likely N-dealkylation sites (N-methyl/N-ethyl adjacent to an activating group) is 1. The van der Waals surface area contributed by atoms with Crippen molar-refractivity contribution in [2.45, 2.75) is 25.3 Å². The first-order valence-corrected chi connectivity index (χ1v) is 6.83. The van der Waals surface area contributed by atoms with E-state index in [1.165, 1.54) is 19.3 Å². The second kappa shape index (κ2) is 6.76. The summed E-state index contributed by atoms with van der Waals surface area (Å²) in [6, 6.07) is 4.33. The van der Waals surface area contributed by atoms with Crippen LogP contribution in [0.15, 0.2) is 35.0 Å². The molecule has 0 aliphatic heterocycles. The average molecular weight is 248 g/mol. The Morgan fingerprint density at radius 1 is 1.44 bits per heavy atom. The predicted molar refractivity (Wildman–Crippen MR) is 74.5 cm³/mol. The summed E-state index contributed by atoms with van der Waals surface area (Å²) in [7, 11) is 4.19. The Hall–Kier alpha value is -1.06. The number of nitrogens with one attached hydrogen (secondary N) is 1. The molecular formula is C15H24N2O. The third-order valence-corrected chi connectivity index (χ3v) is 3.64. The van der Waals surface area contributed by atoms with E-state index in [1.807, 2.05) is 6.07 Å². The van der Waals surface area contributed by atoms with Crippen molar-refractivity contribution >= 4 is 0 Å². The molecule has 1 aromatic heterocycles. The molecule has 100 valence electrons. The van der Waals surface area contributed by atoms with Gasteiger partial charge in [-0.3, -0.25) is 4.90 Å². The summed E-state index contributed by atoms with van der Waals surface area (Å²) in [5.74, 6) is 1.84. The fourth-order valence-corrected chi connectivity index (χ4v) is 2.48. The van der Waals surface area contributed by atoms with Crippen LogP contribution in [0.1, 0.15) is 31.1 Å². The molecule has 0 bridgehead atoms. The molecule has 0 radical (unpaired) electrons.